The molecule has 10 heteroatoms. The molecule has 10 nitrogen and oxygen atoms in total. The summed E-state index contributed by atoms with van der Waals surface area (Å²) in [5.74, 6) is 0.864. The quantitative estimate of drug-likeness (QED) is 0.192. The first-order valence-electron chi connectivity index (χ1n) is 16.9. The highest BCUT2D eigenvalue weighted by Crippen LogP contribution is 2.41. The van der Waals surface area contributed by atoms with Crippen LogP contribution in [0.5, 0.6) is 0 Å². The topological polar surface area (TPSA) is 168 Å². The largest absolute Gasteiger partial charge is 0.480 e. The number of hydrogen-bond acceptors (Lipinski definition) is 10. The van der Waals surface area contributed by atoms with Gasteiger partial charge >= 0.3 is 0 Å². The van der Waals surface area contributed by atoms with Crippen LogP contribution in [0.4, 0.5) is 11.4 Å². The van der Waals surface area contributed by atoms with Crippen molar-refractivity contribution in [1.82, 2.24) is 0 Å². The Morgan fingerprint density at radius 3 is 1.28 bits per heavy atom. The van der Waals surface area contributed by atoms with E-state index in [2.05, 4.69) is 46.2 Å². The Hall–Kier alpha value is -7.76. The van der Waals surface area contributed by atoms with Crippen molar-refractivity contribution in [2.24, 2.45) is 0 Å². The van der Waals surface area contributed by atoms with Crippen LogP contribution >= 0.6 is 0 Å². The van der Waals surface area contributed by atoms with Crippen molar-refractivity contribution in [1.29, 1.82) is 31.6 Å². The predicted octanol–water partition coefficient (Wildman–Crippen LogP) is 8.31. The van der Waals surface area contributed by atoms with Gasteiger partial charge in [0, 0.05) is 41.2 Å². The van der Waals surface area contributed by atoms with Crippen LogP contribution in [0, 0.1) is 68.0 Å². The normalized spacial score (nSPS) is 17.3. The molecule has 0 radical (unpaired) electrons. The number of para-hydroxylation sites is 2. The molecule has 0 unspecified atom stereocenters. The van der Waals surface area contributed by atoms with Crippen molar-refractivity contribution in [3.8, 4) is 36.4 Å². The van der Waals surface area contributed by atoms with Crippen LogP contribution in [0.25, 0.3) is 0 Å². The van der Waals surface area contributed by atoms with Crippen molar-refractivity contribution in [3.05, 3.63) is 166 Å². The zero-order chi connectivity index (χ0) is 38.9. The maximum absolute atomic E-state index is 9.99. The van der Waals surface area contributed by atoms with Gasteiger partial charge in [-0.25, -0.2) is 0 Å². The molecule has 5 rings (SSSR count). The van der Waals surface area contributed by atoms with Crippen LogP contribution in [0.2, 0.25) is 0 Å². The SMILES string of the molecule is CC1(C)OC(=C(C#N)C#N)C(C#N)=C1/C=C/C=C/C(/C=C/C=C/C1=C(C#N)C(=C(C#N)C#N)OC1(C)C)=C1N(c2ccccc2)CCN1c1ccccc1. The number of nitriles is 6. The van der Waals surface area contributed by atoms with E-state index in [-0.39, 0.29) is 33.8 Å². The molecule has 0 bridgehead atoms. The summed E-state index contributed by atoms with van der Waals surface area (Å²) in [5.41, 5.74) is 1.73. The molecule has 1 saturated heterocycles. The molecule has 3 heterocycles. The van der Waals surface area contributed by atoms with E-state index in [0.29, 0.717) is 24.2 Å². The van der Waals surface area contributed by atoms with Gasteiger partial charge in [0.05, 0.1) is 0 Å². The molecule has 0 spiro atoms. The Bertz CT molecular complexity index is 2190. The van der Waals surface area contributed by atoms with Crippen molar-refractivity contribution < 1.29 is 9.47 Å². The van der Waals surface area contributed by atoms with E-state index in [9.17, 15) is 31.6 Å². The summed E-state index contributed by atoms with van der Waals surface area (Å²) >= 11 is 0. The lowest BCUT2D eigenvalue weighted by molar-refractivity contribution is 0.0950. The Morgan fingerprint density at radius 2 is 0.944 bits per heavy atom. The summed E-state index contributed by atoms with van der Waals surface area (Å²) in [6.45, 7) is 8.51. The molecule has 262 valence electrons. The third-order valence-electron chi connectivity index (χ3n) is 8.88. The Kier molecular flexibility index (Phi) is 11.2. The van der Waals surface area contributed by atoms with E-state index < -0.39 is 11.2 Å². The molecular formula is C44H34N8O2. The molecule has 1 fully saturated rings. The first-order chi connectivity index (χ1) is 26.0. The maximum Gasteiger partial charge on any atom is 0.172 e. The summed E-state index contributed by atoms with van der Waals surface area (Å²) < 4.78 is 11.8. The highest BCUT2D eigenvalue weighted by atomic mass is 16.5. The molecule has 0 N–H and O–H groups in total. The number of nitrogens with zero attached hydrogens (tertiary/aromatic N) is 8. The number of rotatable bonds is 8. The Balaban J connectivity index is 1.64. The van der Waals surface area contributed by atoms with E-state index in [1.165, 1.54) is 0 Å². The van der Waals surface area contributed by atoms with E-state index in [1.807, 2.05) is 85.0 Å². The van der Waals surface area contributed by atoms with Crippen LogP contribution in [0.1, 0.15) is 27.7 Å². The van der Waals surface area contributed by atoms with Gasteiger partial charge in [0.15, 0.2) is 22.7 Å². The average molecular weight is 707 g/mol. The van der Waals surface area contributed by atoms with Gasteiger partial charge in [-0.2, -0.15) is 31.6 Å². The van der Waals surface area contributed by atoms with Crippen LogP contribution in [-0.2, 0) is 9.47 Å². The van der Waals surface area contributed by atoms with Crippen molar-refractivity contribution in [2.75, 3.05) is 22.9 Å². The lowest BCUT2D eigenvalue weighted by Crippen LogP contribution is -2.24. The minimum absolute atomic E-state index is 0.0267. The van der Waals surface area contributed by atoms with E-state index in [1.54, 1.807) is 52.0 Å². The first-order valence-corrected chi connectivity index (χ1v) is 16.9. The summed E-state index contributed by atoms with van der Waals surface area (Å²) in [7, 11) is 0. The summed E-state index contributed by atoms with van der Waals surface area (Å²) in [5, 5.41) is 57.8. The van der Waals surface area contributed by atoms with Gasteiger partial charge in [-0.15, -0.1) is 0 Å². The monoisotopic (exact) mass is 706 g/mol. The maximum atomic E-state index is 9.99. The van der Waals surface area contributed by atoms with Gasteiger partial charge in [-0.1, -0.05) is 85.0 Å². The number of hydrogen-bond donors (Lipinski definition) is 0. The molecule has 0 aliphatic carbocycles. The zero-order valence-corrected chi connectivity index (χ0v) is 30.2. The second-order valence-electron chi connectivity index (χ2n) is 13.1. The lowest BCUT2D eigenvalue weighted by Gasteiger charge is -2.27. The van der Waals surface area contributed by atoms with Crippen LogP contribution in [0.15, 0.2) is 166 Å². The van der Waals surface area contributed by atoms with Crippen molar-refractivity contribution in [2.45, 2.75) is 38.9 Å². The molecule has 3 aliphatic rings. The molecule has 54 heavy (non-hydrogen) atoms. The van der Waals surface area contributed by atoms with Crippen LogP contribution in [-0.4, -0.2) is 24.3 Å². The standard InChI is InChI=1S/C44H34N8O2/c1-43(2)38(36(29-49)40(53-43)32(25-45)26-46)21-13-11-15-31(16-12-14-22-39-37(30-50)41(33(27-47)28-48)54-44(39,3)4)42-51(34-17-7-5-8-18-34)23-24-52(42)35-19-9-6-10-20-35/h5-22H,23-24H2,1-4H3/b15-11+,16-12+,21-13+,22-14+. The summed E-state index contributed by atoms with van der Waals surface area (Å²) in [6, 6.07) is 31.6. The molecule has 2 aromatic carbocycles. The first kappa shape index (κ1) is 37.5. The fourth-order valence-corrected chi connectivity index (χ4v) is 6.38. The highest BCUT2D eigenvalue weighted by molar-refractivity contribution is 5.68. The number of anilines is 2. The number of benzene rings is 2. The predicted molar refractivity (Wildman–Crippen MR) is 203 cm³/mol. The molecule has 3 aliphatic heterocycles. The fourth-order valence-electron chi connectivity index (χ4n) is 6.38. The van der Waals surface area contributed by atoms with Crippen molar-refractivity contribution in [3.63, 3.8) is 0 Å². The third kappa shape index (κ3) is 7.47. The van der Waals surface area contributed by atoms with Crippen LogP contribution < -0.4 is 9.80 Å². The van der Waals surface area contributed by atoms with E-state index >= 15 is 0 Å². The molecule has 0 amide bonds. The summed E-state index contributed by atoms with van der Waals surface area (Å²) in [6.07, 6.45) is 14.7. The van der Waals surface area contributed by atoms with Crippen LogP contribution in [0.3, 0.4) is 0 Å². The minimum Gasteiger partial charge on any atom is -0.480 e. The van der Waals surface area contributed by atoms with Crippen molar-refractivity contribution >= 4 is 11.4 Å². The molecular weight excluding hydrogens is 673 g/mol. The molecule has 0 aromatic heterocycles. The average Bonchev–Trinajstić information content (AvgIpc) is 3.81. The van der Waals surface area contributed by atoms with Gasteiger partial charge in [-0.3, -0.25) is 0 Å². The zero-order valence-electron chi connectivity index (χ0n) is 30.2. The van der Waals surface area contributed by atoms with Gasteiger partial charge < -0.3 is 19.3 Å². The molecule has 0 atom stereocenters. The van der Waals surface area contributed by atoms with E-state index in [0.717, 1.165) is 22.8 Å². The smallest absolute Gasteiger partial charge is 0.172 e. The van der Waals surface area contributed by atoms with Gasteiger partial charge in [-0.05, 0) is 52.0 Å². The second-order valence-corrected chi connectivity index (χ2v) is 13.1. The Labute approximate surface area is 315 Å². The minimum atomic E-state index is -0.958. The number of allylic oxidation sites excluding steroid dienone is 11. The van der Waals surface area contributed by atoms with Gasteiger partial charge in [0.2, 0.25) is 0 Å². The lowest BCUT2D eigenvalue weighted by atomic mass is 9.94. The third-order valence-corrected chi connectivity index (χ3v) is 8.88. The Morgan fingerprint density at radius 1 is 0.574 bits per heavy atom. The summed E-state index contributed by atoms with van der Waals surface area (Å²) in [4.78, 5) is 4.48. The second kappa shape index (κ2) is 16.1. The van der Waals surface area contributed by atoms with E-state index in [4.69, 9.17) is 9.47 Å². The molecule has 0 saturated carbocycles. The number of ether oxygens (including phenoxy) is 2. The fraction of sp³-hybridized carbons (Fsp3) is 0.182. The highest BCUT2D eigenvalue weighted by Gasteiger charge is 2.39. The van der Waals surface area contributed by atoms with Gasteiger partial charge in [0.25, 0.3) is 0 Å². The molecule has 2 aromatic rings. The van der Waals surface area contributed by atoms with Gasteiger partial charge in [0.1, 0.15) is 64.6 Å².